The Morgan fingerprint density at radius 1 is 1.19 bits per heavy atom. The number of nitrogens with one attached hydrogen (secondary N) is 1. The van der Waals surface area contributed by atoms with Gasteiger partial charge in [-0.25, -0.2) is 15.4 Å². The number of rotatable bonds is 5. The maximum atomic E-state index is 4.48. The van der Waals surface area contributed by atoms with E-state index in [9.17, 15) is 0 Å². The summed E-state index contributed by atoms with van der Waals surface area (Å²) in [5, 5.41) is 4.39. The molecule has 110 valence electrons. The third-order valence-corrected chi connectivity index (χ3v) is 3.17. The summed E-state index contributed by atoms with van der Waals surface area (Å²) in [6.07, 6.45) is 2.03. The highest BCUT2D eigenvalue weighted by atomic mass is 15.4. The van der Waals surface area contributed by atoms with Gasteiger partial charge in [-0.2, -0.15) is 5.10 Å². The molecule has 0 saturated heterocycles. The molecule has 2 aromatic rings. The van der Waals surface area contributed by atoms with E-state index in [2.05, 4.69) is 46.5 Å². The fourth-order valence-corrected chi connectivity index (χ4v) is 2.14. The molecule has 4 nitrogen and oxygen atoms in total. The minimum Gasteiger partial charge on any atom is -0.245 e. The SMILES string of the molecule is CCCc1cc(C)nc(NN=C(C)c2cccc(C)c2)n1. The van der Waals surface area contributed by atoms with Crippen molar-refractivity contribution in [3.05, 3.63) is 52.8 Å². The second-order valence-electron chi connectivity index (χ2n) is 5.25. The van der Waals surface area contributed by atoms with Crippen LogP contribution in [0, 0.1) is 13.8 Å². The molecule has 1 N–H and O–H groups in total. The molecule has 0 aliphatic heterocycles. The zero-order chi connectivity index (χ0) is 15.2. The van der Waals surface area contributed by atoms with Crippen molar-refractivity contribution in [1.29, 1.82) is 0 Å². The Bertz CT molecular complexity index is 647. The predicted octanol–water partition coefficient (Wildman–Crippen LogP) is 3.88. The van der Waals surface area contributed by atoms with Crippen LogP contribution >= 0.6 is 0 Å². The van der Waals surface area contributed by atoms with Crippen LogP contribution in [0.2, 0.25) is 0 Å². The van der Waals surface area contributed by atoms with Crippen LogP contribution in [0.4, 0.5) is 5.95 Å². The lowest BCUT2D eigenvalue weighted by Crippen LogP contribution is -2.05. The van der Waals surface area contributed by atoms with E-state index in [-0.39, 0.29) is 0 Å². The summed E-state index contributed by atoms with van der Waals surface area (Å²) >= 11 is 0. The molecule has 0 spiro atoms. The Labute approximate surface area is 126 Å². The fourth-order valence-electron chi connectivity index (χ4n) is 2.14. The van der Waals surface area contributed by atoms with Crippen molar-refractivity contribution < 1.29 is 0 Å². The van der Waals surface area contributed by atoms with E-state index in [0.29, 0.717) is 5.95 Å². The van der Waals surface area contributed by atoms with E-state index in [1.165, 1.54) is 5.56 Å². The molecule has 0 amide bonds. The van der Waals surface area contributed by atoms with Gasteiger partial charge in [0.15, 0.2) is 0 Å². The van der Waals surface area contributed by atoms with Crippen LogP contribution in [0.5, 0.6) is 0 Å². The van der Waals surface area contributed by atoms with E-state index >= 15 is 0 Å². The van der Waals surface area contributed by atoms with Crippen molar-refractivity contribution in [1.82, 2.24) is 9.97 Å². The third-order valence-electron chi connectivity index (χ3n) is 3.17. The molecular weight excluding hydrogens is 260 g/mol. The summed E-state index contributed by atoms with van der Waals surface area (Å²) in [6.45, 7) is 8.17. The third kappa shape index (κ3) is 4.38. The minimum absolute atomic E-state index is 0.561. The lowest BCUT2D eigenvalue weighted by molar-refractivity contribution is 0.866. The summed E-state index contributed by atoms with van der Waals surface area (Å²) in [7, 11) is 0. The van der Waals surface area contributed by atoms with E-state index in [1.54, 1.807) is 0 Å². The molecule has 0 unspecified atom stereocenters. The second kappa shape index (κ2) is 6.97. The zero-order valence-corrected chi connectivity index (χ0v) is 13.1. The normalized spacial score (nSPS) is 11.5. The lowest BCUT2D eigenvalue weighted by Gasteiger charge is -2.06. The first-order valence-electron chi connectivity index (χ1n) is 7.30. The van der Waals surface area contributed by atoms with Gasteiger partial charge >= 0.3 is 0 Å². The molecule has 0 saturated carbocycles. The van der Waals surface area contributed by atoms with Crippen LogP contribution in [0.1, 0.15) is 42.8 Å². The van der Waals surface area contributed by atoms with Gasteiger partial charge in [0.2, 0.25) is 5.95 Å². The highest BCUT2D eigenvalue weighted by molar-refractivity contribution is 5.99. The molecule has 4 heteroatoms. The zero-order valence-electron chi connectivity index (χ0n) is 13.1. The summed E-state index contributed by atoms with van der Waals surface area (Å²) < 4.78 is 0. The molecule has 0 atom stereocenters. The Balaban J connectivity index is 2.16. The number of aromatic nitrogens is 2. The second-order valence-corrected chi connectivity index (χ2v) is 5.25. The summed E-state index contributed by atoms with van der Waals surface area (Å²) in [6, 6.07) is 10.3. The molecule has 21 heavy (non-hydrogen) atoms. The topological polar surface area (TPSA) is 50.2 Å². The first kappa shape index (κ1) is 15.2. The Hall–Kier alpha value is -2.23. The highest BCUT2D eigenvalue weighted by Gasteiger charge is 2.02. The molecular formula is C17H22N4. The Morgan fingerprint density at radius 2 is 2.00 bits per heavy atom. The van der Waals surface area contributed by atoms with Gasteiger partial charge in [0, 0.05) is 11.4 Å². The van der Waals surface area contributed by atoms with E-state index in [0.717, 1.165) is 35.5 Å². The molecule has 1 aromatic carbocycles. The highest BCUT2D eigenvalue weighted by Crippen LogP contribution is 2.09. The first-order chi connectivity index (χ1) is 10.1. The summed E-state index contributed by atoms with van der Waals surface area (Å²) in [4.78, 5) is 8.85. The summed E-state index contributed by atoms with van der Waals surface area (Å²) in [5.74, 6) is 0.561. The number of hydrogen-bond acceptors (Lipinski definition) is 4. The molecule has 1 aromatic heterocycles. The molecule has 0 radical (unpaired) electrons. The van der Waals surface area contributed by atoms with Crippen LogP contribution in [0.25, 0.3) is 0 Å². The number of hydrazone groups is 1. The van der Waals surface area contributed by atoms with Crippen molar-refractivity contribution in [3.63, 3.8) is 0 Å². The molecule has 1 heterocycles. The van der Waals surface area contributed by atoms with Gasteiger partial charge < -0.3 is 0 Å². The molecule has 2 rings (SSSR count). The van der Waals surface area contributed by atoms with Crippen LogP contribution in [-0.4, -0.2) is 15.7 Å². The lowest BCUT2D eigenvalue weighted by atomic mass is 10.1. The Morgan fingerprint density at radius 3 is 2.71 bits per heavy atom. The molecule has 0 aliphatic carbocycles. The first-order valence-corrected chi connectivity index (χ1v) is 7.30. The number of aryl methyl sites for hydroxylation is 3. The van der Waals surface area contributed by atoms with E-state index in [1.807, 2.05) is 32.0 Å². The van der Waals surface area contributed by atoms with Crippen molar-refractivity contribution in [3.8, 4) is 0 Å². The van der Waals surface area contributed by atoms with Gasteiger partial charge in [0.1, 0.15) is 0 Å². The number of hydrogen-bond donors (Lipinski definition) is 1. The largest absolute Gasteiger partial charge is 0.245 e. The molecule has 0 fully saturated rings. The van der Waals surface area contributed by atoms with Gasteiger partial charge in [-0.05, 0) is 38.8 Å². The summed E-state index contributed by atoms with van der Waals surface area (Å²) in [5.41, 5.74) is 8.22. The molecule has 0 aliphatic rings. The van der Waals surface area contributed by atoms with Crippen LogP contribution < -0.4 is 5.43 Å². The van der Waals surface area contributed by atoms with Crippen molar-refractivity contribution in [2.45, 2.75) is 40.5 Å². The molecule has 0 bridgehead atoms. The van der Waals surface area contributed by atoms with Gasteiger partial charge in [-0.3, -0.25) is 0 Å². The van der Waals surface area contributed by atoms with Gasteiger partial charge in [-0.1, -0.05) is 43.2 Å². The quantitative estimate of drug-likeness (QED) is 0.668. The maximum Gasteiger partial charge on any atom is 0.243 e. The van der Waals surface area contributed by atoms with Crippen LogP contribution in [0.3, 0.4) is 0 Å². The van der Waals surface area contributed by atoms with Crippen LogP contribution in [-0.2, 0) is 6.42 Å². The maximum absolute atomic E-state index is 4.48. The number of anilines is 1. The minimum atomic E-state index is 0.561. The standard InChI is InChI=1S/C17H22N4/c1-5-7-16-11-13(3)18-17(19-16)21-20-14(4)15-9-6-8-12(2)10-15/h6,8-11H,5,7H2,1-4H3,(H,18,19,21). The Kier molecular flexibility index (Phi) is 5.04. The van der Waals surface area contributed by atoms with Crippen molar-refractivity contribution in [2.24, 2.45) is 5.10 Å². The monoisotopic (exact) mass is 282 g/mol. The average molecular weight is 282 g/mol. The van der Waals surface area contributed by atoms with E-state index in [4.69, 9.17) is 0 Å². The van der Waals surface area contributed by atoms with E-state index < -0.39 is 0 Å². The predicted molar refractivity (Wildman–Crippen MR) is 87.8 cm³/mol. The van der Waals surface area contributed by atoms with Crippen LogP contribution in [0.15, 0.2) is 35.4 Å². The number of nitrogens with zero attached hydrogens (tertiary/aromatic N) is 3. The average Bonchev–Trinajstić information content (AvgIpc) is 2.44. The van der Waals surface area contributed by atoms with Gasteiger partial charge in [0.25, 0.3) is 0 Å². The number of benzene rings is 1. The van der Waals surface area contributed by atoms with Gasteiger partial charge in [0.05, 0.1) is 5.71 Å². The van der Waals surface area contributed by atoms with Gasteiger partial charge in [-0.15, -0.1) is 0 Å². The fraction of sp³-hybridized carbons (Fsp3) is 0.353. The van der Waals surface area contributed by atoms with Crippen molar-refractivity contribution >= 4 is 11.7 Å². The smallest absolute Gasteiger partial charge is 0.243 e. The van der Waals surface area contributed by atoms with Crippen molar-refractivity contribution in [2.75, 3.05) is 5.43 Å².